The second kappa shape index (κ2) is 9.88. The van der Waals surface area contributed by atoms with E-state index >= 15 is 0 Å². The van der Waals surface area contributed by atoms with E-state index in [1.165, 1.54) is 10.9 Å². The lowest BCUT2D eigenvalue weighted by molar-refractivity contribution is -0.122. The van der Waals surface area contributed by atoms with E-state index in [1.54, 1.807) is 25.2 Å². The van der Waals surface area contributed by atoms with Crippen LogP contribution in [-0.2, 0) is 18.4 Å². The smallest absolute Gasteiger partial charge is 0.290 e. The summed E-state index contributed by atoms with van der Waals surface area (Å²) in [5, 5.41) is 12.1. The monoisotopic (exact) mass is 474 g/mol. The first kappa shape index (κ1) is 23.8. The molecule has 0 spiro atoms. The molecule has 1 aliphatic heterocycles. The van der Waals surface area contributed by atoms with E-state index in [-0.39, 0.29) is 29.9 Å². The summed E-state index contributed by atoms with van der Waals surface area (Å²) in [6.45, 7) is 5.04. The summed E-state index contributed by atoms with van der Waals surface area (Å²) in [5.41, 5.74) is 1.86. The number of aryl methyl sites for hydroxylation is 1. The molecule has 0 unspecified atom stereocenters. The van der Waals surface area contributed by atoms with Crippen LogP contribution in [0.4, 0.5) is 0 Å². The van der Waals surface area contributed by atoms with Crippen molar-refractivity contribution in [3.05, 3.63) is 76.6 Å². The molecule has 0 saturated carbocycles. The lowest BCUT2D eigenvalue weighted by Gasteiger charge is -2.37. The molecular formula is C25H26N6O4. The average Bonchev–Trinajstić information content (AvgIpc) is 3.30. The van der Waals surface area contributed by atoms with Crippen LogP contribution >= 0.6 is 0 Å². The molecule has 0 bridgehead atoms. The number of carbonyl (C=O) groups is 2. The molecule has 0 aliphatic carbocycles. The third-order valence-electron chi connectivity index (χ3n) is 5.94. The largest absolute Gasteiger partial charge is 0.483 e. The number of nitrogens with zero attached hydrogens (tertiary/aromatic N) is 6. The van der Waals surface area contributed by atoms with Gasteiger partial charge in [-0.3, -0.25) is 14.4 Å². The predicted octanol–water partition coefficient (Wildman–Crippen LogP) is 2.75. The molecule has 0 radical (unpaired) electrons. The average molecular weight is 475 g/mol. The highest BCUT2D eigenvalue weighted by molar-refractivity contribution is 5.98. The van der Waals surface area contributed by atoms with E-state index in [1.807, 2.05) is 39.9 Å². The zero-order chi connectivity index (χ0) is 25.1. The van der Waals surface area contributed by atoms with E-state index < -0.39 is 0 Å². The highest BCUT2D eigenvalue weighted by atomic mass is 16.3. The van der Waals surface area contributed by atoms with Gasteiger partial charge in [0, 0.05) is 24.7 Å². The molecule has 3 heterocycles. The van der Waals surface area contributed by atoms with E-state index in [9.17, 15) is 9.59 Å². The first-order valence-corrected chi connectivity index (χ1v) is 11.2. The highest BCUT2D eigenvalue weighted by Crippen LogP contribution is 2.33. The van der Waals surface area contributed by atoms with Crippen LogP contribution in [0.25, 0.3) is 22.3 Å². The molecule has 1 amide bonds. The Morgan fingerprint density at radius 2 is 1.86 bits per heavy atom. The molecule has 5 rings (SSSR count). The summed E-state index contributed by atoms with van der Waals surface area (Å²) in [5.74, 6) is 1.53. The van der Waals surface area contributed by atoms with Gasteiger partial charge < -0.3 is 14.6 Å². The highest BCUT2D eigenvalue weighted by Gasteiger charge is 2.36. The third-order valence-corrected chi connectivity index (χ3v) is 5.94. The molecule has 180 valence electrons. The summed E-state index contributed by atoms with van der Waals surface area (Å²) < 4.78 is 3.35. The van der Waals surface area contributed by atoms with Crippen molar-refractivity contribution in [1.29, 1.82) is 0 Å². The number of aromatic nitrogens is 5. The number of hydrogen-bond acceptors (Lipinski definition) is 6. The van der Waals surface area contributed by atoms with Crippen LogP contribution in [0.1, 0.15) is 36.1 Å². The minimum Gasteiger partial charge on any atom is -0.483 e. The van der Waals surface area contributed by atoms with Crippen molar-refractivity contribution in [3.8, 4) is 11.4 Å². The quantitative estimate of drug-likeness (QED) is 0.453. The topological polar surface area (TPSA) is 123 Å². The third kappa shape index (κ3) is 4.54. The number of carbonyl (C=O) groups excluding carboxylic acids is 1. The van der Waals surface area contributed by atoms with Crippen molar-refractivity contribution in [2.45, 2.75) is 26.4 Å². The summed E-state index contributed by atoms with van der Waals surface area (Å²) in [7, 11) is 1.66. The van der Waals surface area contributed by atoms with Gasteiger partial charge >= 0.3 is 0 Å². The molecule has 35 heavy (non-hydrogen) atoms. The van der Waals surface area contributed by atoms with Gasteiger partial charge in [0.15, 0.2) is 11.6 Å². The van der Waals surface area contributed by atoms with E-state index in [2.05, 4.69) is 18.8 Å². The molecule has 1 aliphatic rings. The molecule has 0 saturated heterocycles. The zero-order valence-electron chi connectivity index (χ0n) is 19.7. The van der Waals surface area contributed by atoms with Crippen LogP contribution in [0.15, 0.2) is 59.7 Å². The predicted molar refractivity (Wildman–Crippen MR) is 130 cm³/mol. The Morgan fingerprint density at radius 3 is 2.54 bits per heavy atom. The van der Waals surface area contributed by atoms with E-state index in [0.29, 0.717) is 35.4 Å². The number of fused-ring (bicyclic) bond motifs is 2. The minimum atomic E-state index is -0.250. The van der Waals surface area contributed by atoms with Crippen molar-refractivity contribution in [3.63, 3.8) is 0 Å². The molecular weight excluding hydrogens is 448 g/mol. The molecule has 10 nitrogen and oxygen atoms in total. The molecule has 2 aromatic carbocycles. The van der Waals surface area contributed by atoms with E-state index in [4.69, 9.17) is 20.0 Å². The van der Waals surface area contributed by atoms with Crippen LogP contribution in [0, 0.1) is 5.92 Å². The first-order valence-electron chi connectivity index (χ1n) is 11.2. The minimum absolute atomic E-state index is 0.0939. The van der Waals surface area contributed by atoms with Gasteiger partial charge in [0.1, 0.15) is 0 Å². The molecule has 1 N–H and O–H groups in total. The molecule has 0 fully saturated rings. The fourth-order valence-corrected chi connectivity index (χ4v) is 4.32. The number of hydrogen-bond donors (Lipinski definition) is 1. The Kier molecular flexibility index (Phi) is 6.72. The van der Waals surface area contributed by atoms with Crippen molar-refractivity contribution in [2.24, 2.45) is 13.0 Å². The van der Waals surface area contributed by atoms with Gasteiger partial charge in [0.2, 0.25) is 0 Å². The van der Waals surface area contributed by atoms with Crippen molar-refractivity contribution in [2.75, 3.05) is 6.54 Å². The zero-order valence-corrected chi connectivity index (χ0v) is 19.7. The fourth-order valence-electron chi connectivity index (χ4n) is 4.32. The maximum Gasteiger partial charge on any atom is 0.290 e. The SMILES string of the molecule is CC(C)[C@H]1c2nc(-c3ccccc3)nn2CCN1C(=O)c1ccc2c(=O)n(C)cnc2c1.O=CO. The Labute approximate surface area is 201 Å². The standard InChI is InChI=1S/C24H24N6O2.CH2O2/c1-15(2)20-22-26-21(16-7-5-4-6-8-16)27-30(22)12-11-29(20)23(31)17-9-10-18-19(13-17)25-14-28(3)24(18)32;2-1-3/h4-10,13-15,20H,11-12H2,1-3H3;1H,(H,2,3)/t20-;/m0./s1. The Balaban J connectivity index is 0.000000917. The maximum atomic E-state index is 13.6. The normalized spacial score (nSPS) is 14.9. The molecule has 4 aromatic rings. The van der Waals surface area contributed by atoms with Crippen molar-refractivity contribution >= 4 is 23.3 Å². The van der Waals surface area contributed by atoms with E-state index in [0.717, 1.165) is 11.4 Å². The summed E-state index contributed by atoms with van der Waals surface area (Å²) in [6, 6.07) is 14.8. The van der Waals surface area contributed by atoms with Gasteiger partial charge in [-0.15, -0.1) is 0 Å². The van der Waals surface area contributed by atoms with Crippen LogP contribution < -0.4 is 5.56 Å². The maximum absolute atomic E-state index is 13.6. The molecule has 10 heteroatoms. The Morgan fingerprint density at radius 1 is 1.14 bits per heavy atom. The summed E-state index contributed by atoms with van der Waals surface area (Å²) in [4.78, 5) is 45.2. The van der Waals surface area contributed by atoms with Gasteiger partial charge in [-0.2, -0.15) is 5.10 Å². The lowest BCUT2D eigenvalue weighted by atomic mass is 9.98. The first-order chi connectivity index (χ1) is 16.8. The van der Waals surface area contributed by atoms with Gasteiger partial charge in [-0.1, -0.05) is 44.2 Å². The van der Waals surface area contributed by atoms with Crippen molar-refractivity contribution in [1.82, 2.24) is 29.2 Å². The summed E-state index contributed by atoms with van der Waals surface area (Å²) >= 11 is 0. The van der Waals surface area contributed by atoms with Gasteiger partial charge in [-0.05, 0) is 24.1 Å². The molecule has 1 atom stereocenters. The number of rotatable bonds is 3. The van der Waals surface area contributed by atoms with Gasteiger partial charge in [0.25, 0.3) is 17.9 Å². The van der Waals surface area contributed by atoms with Crippen LogP contribution in [0.3, 0.4) is 0 Å². The second-order valence-corrected chi connectivity index (χ2v) is 8.57. The number of amides is 1. The Bertz CT molecular complexity index is 1430. The fraction of sp³-hybridized carbons (Fsp3) is 0.280. The Hall–Kier alpha value is -4.34. The van der Waals surface area contributed by atoms with Gasteiger partial charge in [0.05, 0.1) is 29.8 Å². The van der Waals surface area contributed by atoms with Gasteiger partial charge in [-0.25, -0.2) is 14.6 Å². The second-order valence-electron chi connectivity index (χ2n) is 8.57. The summed E-state index contributed by atoms with van der Waals surface area (Å²) in [6.07, 6.45) is 1.48. The van der Waals surface area contributed by atoms with Crippen LogP contribution in [0.2, 0.25) is 0 Å². The number of benzene rings is 2. The molecule has 2 aromatic heterocycles. The van der Waals surface area contributed by atoms with Crippen molar-refractivity contribution < 1.29 is 14.7 Å². The van der Waals surface area contributed by atoms with Crippen LogP contribution in [-0.4, -0.2) is 53.2 Å². The van der Waals surface area contributed by atoms with Crippen LogP contribution in [0.5, 0.6) is 0 Å². The lowest BCUT2D eigenvalue weighted by Crippen LogP contribution is -2.44. The number of carboxylic acid groups (broad SMARTS) is 1.